The molecule has 33 heavy (non-hydrogen) atoms. The first-order chi connectivity index (χ1) is 15.6. The molecule has 9 heteroatoms. The predicted octanol–water partition coefficient (Wildman–Crippen LogP) is 5.37. The van der Waals surface area contributed by atoms with Crippen LogP contribution in [-0.2, 0) is 13.2 Å². The first-order valence-corrected chi connectivity index (χ1v) is 10.3. The Morgan fingerprint density at radius 2 is 1.73 bits per heavy atom. The summed E-state index contributed by atoms with van der Waals surface area (Å²) in [7, 11) is 1.45. The Morgan fingerprint density at radius 1 is 1.06 bits per heavy atom. The molecule has 3 rings (SSSR count). The standard InChI is InChI=1S/C22H20F3N3O3.C2H6/c1-13(26-20(30)16-10-11-28(2)21(31)19(16)29)14-6-5-7-15(12-14)27-18-9-4-3-8-17(18)22(23,24)25;1-2/h3-13,27,29H,1-2H3,(H,26,30);1-2H3/t13-;/m1./s1. The molecule has 1 aromatic heterocycles. The van der Waals surface area contributed by atoms with Crippen LogP contribution in [0.5, 0.6) is 5.75 Å². The Bertz CT molecular complexity index is 1170. The topological polar surface area (TPSA) is 83.4 Å². The second-order valence-electron chi connectivity index (χ2n) is 6.98. The summed E-state index contributed by atoms with van der Waals surface area (Å²) in [5.41, 5.74) is -0.715. The van der Waals surface area contributed by atoms with Gasteiger partial charge in [0.2, 0.25) is 0 Å². The van der Waals surface area contributed by atoms with Crippen LogP contribution in [0, 0.1) is 0 Å². The van der Waals surface area contributed by atoms with Gasteiger partial charge in [0, 0.05) is 18.9 Å². The lowest BCUT2D eigenvalue weighted by Gasteiger charge is -2.18. The zero-order valence-electron chi connectivity index (χ0n) is 18.7. The molecular formula is C24H26F3N3O3. The fourth-order valence-corrected chi connectivity index (χ4v) is 3.04. The SMILES string of the molecule is CC.C[C@@H](NC(=O)c1ccn(C)c(=O)c1O)c1cccc(Nc2ccccc2C(F)(F)F)c1. The van der Waals surface area contributed by atoms with Crippen LogP contribution >= 0.6 is 0 Å². The van der Waals surface area contributed by atoms with Crippen LogP contribution in [0.15, 0.2) is 65.6 Å². The van der Waals surface area contributed by atoms with E-state index < -0.39 is 35.0 Å². The average molecular weight is 461 g/mol. The maximum atomic E-state index is 13.2. The van der Waals surface area contributed by atoms with Gasteiger partial charge in [0.1, 0.15) is 0 Å². The van der Waals surface area contributed by atoms with Crippen LogP contribution < -0.4 is 16.2 Å². The Hall–Kier alpha value is -3.75. The molecule has 1 heterocycles. The summed E-state index contributed by atoms with van der Waals surface area (Å²) in [5, 5.41) is 15.4. The van der Waals surface area contributed by atoms with E-state index in [-0.39, 0.29) is 11.3 Å². The van der Waals surface area contributed by atoms with E-state index in [1.54, 1.807) is 31.2 Å². The van der Waals surface area contributed by atoms with Gasteiger partial charge in [0.05, 0.1) is 22.9 Å². The normalized spacial score (nSPS) is 11.7. The van der Waals surface area contributed by atoms with Crippen molar-refractivity contribution in [2.75, 3.05) is 5.32 Å². The minimum atomic E-state index is -4.50. The van der Waals surface area contributed by atoms with Crippen molar-refractivity contribution in [2.45, 2.75) is 33.0 Å². The van der Waals surface area contributed by atoms with Crippen molar-refractivity contribution >= 4 is 17.3 Å². The molecule has 3 aromatic rings. The molecule has 1 atom stereocenters. The largest absolute Gasteiger partial charge is 0.502 e. The predicted molar refractivity (Wildman–Crippen MR) is 122 cm³/mol. The van der Waals surface area contributed by atoms with Crippen LogP contribution in [-0.4, -0.2) is 15.6 Å². The van der Waals surface area contributed by atoms with Gasteiger partial charge >= 0.3 is 6.18 Å². The van der Waals surface area contributed by atoms with Gasteiger partial charge in [0.15, 0.2) is 5.75 Å². The zero-order chi connectivity index (χ0) is 24.8. The van der Waals surface area contributed by atoms with Crippen LogP contribution in [0.25, 0.3) is 0 Å². The van der Waals surface area contributed by atoms with Crippen LogP contribution in [0.3, 0.4) is 0 Å². The third-order valence-electron chi connectivity index (χ3n) is 4.73. The molecule has 0 aliphatic heterocycles. The number of carbonyl (C=O) groups excluding carboxylic acids is 1. The smallest absolute Gasteiger partial charge is 0.418 e. The van der Waals surface area contributed by atoms with Crippen molar-refractivity contribution in [1.82, 2.24) is 9.88 Å². The summed E-state index contributed by atoms with van der Waals surface area (Å²) >= 11 is 0. The van der Waals surface area contributed by atoms with E-state index in [9.17, 15) is 27.9 Å². The number of benzene rings is 2. The number of pyridine rings is 1. The number of nitrogens with one attached hydrogen (secondary N) is 2. The number of anilines is 2. The third kappa shape index (κ3) is 6.15. The average Bonchev–Trinajstić information content (AvgIpc) is 2.78. The molecular weight excluding hydrogens is 435 g/mol. The highest BCUT2D eigenvalue weighted by molar-refractivity contribution is 5.96. The maximum Gasteiger partial charge on any atom is 0.418 e. The molecule has 3 N–H and O–H groups in total. The van der Waals surface area contributed by atoms with E-state index in [0.29, 0.717) is 11.3 Å². The van der Waals surface area contributed by atoms with Gasteiger partial charge in [-0.05, 0) is 42.8 Å². The third-order valence-corrected chi connectivity index (χ3v) is 4.73. The molecule has 0 bridgehead atoms. The highest BCUT2D eigenvalue weighted by Gasteiger charge is 2.33. The number of nitrogens with zero attached hydrogens (tertiary/aromatic N) is 1. The fourth-order valence-electron chi connectivity index (χ4n) is 3.04. The van der Waals surface area contributed by atoms with Gasteiger partial charge in [-0.3, -0.25) is 9.59 Å². The summed E-state index contributed by atoms with van der Waals surface area (Å²) in [6.07, 6.45) is -3.14. The second kappa shape index (κ2) is 10.7. The summed E-state index contributed by atoms with van der Waals surface area (Å²) < 4.78 is 40.8. The number of alkyl halides is 3. The molecule has 6 nitrogen and oxygen atoms in total. The quantitative estimate of drug-likeness (QED) is 0.477. The van der Waals surface area contributed by atoms with Gasteiger partial charge in [-0.2, -0.15) is 13.2 Å². The number of aromatic nitrogens is 1. The number of amides is 1. The Balaban J connectivity index is 0.00000187. The molecule has 0 saturated heterocycles. The molecule has 0 saturated carbocycles. The molecule has 176 valence electrons. The van der Waals surface area contributed by atoms with Crippen molar-refractivity contribution < 1.29 is 23.1 Å². The van der Waals surface area contributed by atoms with Crippen molar-refractivity contribution in [2.24, 2.45) is 7.05 Å². The van der Waals surface area contributed by atoms with Crippen LogP contribution in [0.2, 0.25) is 0 Å². The molecule has 0 radical (unpaired) electrons. The first kappa shape index (κ1) is 25.5. The van der Waals surface area contributed by atoms with E-state index in [4.69, 9.17) is 0 Å². The minimum Gasteiger partial charge on any atom is -0.502 e. The van der Waals surface area contributed by atoms with Crippen molar-refractivity contribution in [1.29, 1.82) is 0 Å². The number of hydrogen-bond donors (Lipinski definition) is 3. The molecule has 0 aliphatic carbocycles. The van der Waals surface area contributed by atoms with Crippen molar-refractivity contribution in [3.05, 3.63) is 87.8 Å². The number of para-hydroxylation sites is 1. The van der Waals surface area contributed by atoms with Gasteiger partial charge in [-0.1, -0.05) is 38.1 Å². The maximum absolute atomic E-state index is 13.2. The van der Waals surface area contributed by atoms with E-state index in [1.807, 2.05) is 13.8 Å². The molecule has 0 spiro atoms. The fraction of sp³-hybridized carbons (Fsp3) is 0.250. The molecule has 0 aliphatic rings. The number of carbonyl (C=O) groups is 1. The molecule has 0 fully saturated rings. The molecule has 1 amide bonds. The lowest BCUT2D eigenvalue weighted by atomic mass is 10.1. The Labute approximate surface area is 189 Å². The summed E-state index contributed by atoms with van der Waals surface area (Å²) in [5.74, 6) is -1.31. The van der Waals surface area contributed by atoms with Gasteiger partial charge in [-0.15, -0.1) is 0 Å². The lowest BCUT2D eigenvalue weighted by molar-refractivity contribution is -0.136. The van der Waals surface area contributed by atoms with Gasteiger partial charge in [-0.25, -0.2) is 0 Å². The number of rotatable bonds is 5. The van der Waals surface area contributed by atoms with E-state index in [0.717, 1.165) is 10.6 Å². The van der Waals surface area contributed by atoms with E-state index in [2.05, 4.69) is 10.6 Å². The second-order valence-corrected chi connectivity index (χ2v) is 6.98. The Kier molecular flexibility index (Phi) is 8.28. The van der Waals surface area contributed by atoms with Crippen molar-refractivity contribution in [3.8, 4) is 5.75 Å². The number of aryl methyl sites for hydroxylation is 1. The summed E-state index contributed by atoms with van der Waals surface area (Å²) in [6, 6.07) is 12.5. The van der Waals surface area contributed by atoms with Crippen LogP contribution in [0.1, 0.15) is 48.3 Å². The van der Waals surface area contributed by atoms with E-state index in [1.165, 1.54) is 37.5 Å². The number of hydrogen-bond acceptors (Lipinski definition) is 4. The summed E-state index contributed by atoms with van der Waals surface area (Å²) in [4.78, 5) is 24.3. The zero-order valence-corrected chi connectivity index (χ0v) is 18.7. The van der Waals surface area contributed by atoms with E-state index >= 15 is 0 Å². The van der Waals surface area contributed by atoms with Crippen LogP contribution in [0.4, 0.5) is 24.5 Å². The minimum absolute atomic E-state index is 0.0890. The summed E-state index contributed by atoms with van der Waals surface area (Å²) in [6.45, 7) is 5.68. The number of halogens is 3. The highest BCUT2D eigenvalue weighted by atomic mass is 19.4. The van der Waals surface area contributed by atoms with Crippen molar-refractivity contribution in [3.63, 3.8) is 0 Å². The number of aromatic hydroxyl groups is 1. The first-order valence-electron chi connectivity index (χ1n) is 10.3. The van der Waals surface area contributed by atoms with Gasteiger partial charge in [0.25, 0.3) is 11.5 Å². The monoisotopic (exact) mass is 461 g/mol. The van der Waals surface area contributed by atoms with Gasteiger partial charge < -0.3 is 20.3 Å². The lowest BCUT2D eigenvalue weighted by Crippen LogP contribution is -2.29. The molecule has 0 unspecified atom stereocenters. The Morgan fingerprint density at radius 3 is 2.39 bits per heavy atom. The molecule has 2 aromatic carbocycles. The highest BCUT2D eigenvalue weighted by Crippen LogP contribution is 2.36.